The van der Waals surface area contributed by atoms with E-state index >= 15 is 0 Å². The van der Waals surface area contributed by atoms with Crippen molar-refractivity contribution in [2.24, 2.45) is 13.0 Å². The topological polar surface area (TPSA) is 85.7 Å². The van der Waals surface area contributed by atoms with Crippen molar-refractivity contribution in [2.75, 3.05) is 19.7 Å². The Labute approximate surface area is 188 Å². The van der Waals surface area contributed by atoms with Crippen molar-refractivity contribution < 1.29 is 22.7 Å². The quantitative estimate of drug-likeness (QED) is 0.478. The summed E-state index contributed by atoms with van der Waals surface area (Å²) in [5.41, 5.74) is 2.23. The van der Waals surface area contributed by atoms with Crippen LogP contribution in [0.25, 0.3) is 0 Å². The molecule has 9 heteroatoms. The number of aromatic nitrogens is 1. The van der Waals surface area contributed by atoms with E-state index in [4.69, 9.17) is 16.3 Å². The number of Topliss-reactive ketones (excluding diaryl/α,β-unsaturated/α-hetero) is 1. The van der Waals surface area contributed by atoms with Gasteiger partial charge in [-0.25, -0.2) is 13.2 Å². The van der Waals surface area contributed by atoms with Crippen LogP contribution in [-0.2, 0) is 21.8 Å². The van der Waals surface area contributed by atoms with Crippen molar-refractivity contribution in [2.45, 2.75) is 38.5 Å². The van der Waals surface area contributed by atoms with E-state index in [1.165, 1.54) is 22.5 Å². The number of ketones is 1. The van der Waals surface area contributed by atoms with Gasteiger partial charge >= 0.3 is 5.97 Å². The maximum absolute atomic E-state index is 13.1. The van der Waals surface area contributed by atoms with Gasteiger partial charge in [-0.05, 0) is 56.9 Å². The molecule has 0 saturated carbocycles. The average molecular weight is 467 g/mol. The lowest BCUT2D eigenvalue weighted by Gasteiger charge is -2.30. The van der Waals surface area contributed by atoms with Crippen molar-refractivity contribution in [3.63, 3.8) is 0 Å². The Morgan fingerprint density at radius 2 is 1.94 bits per heavy atom. The maximum atomic E-state index is 13.1. The third-order valence-corrected chi connectivity index (χ3v) is 8.16. The van der Waals surface area contributed by atoms with Gasteiger partial charge in [-0.15, -0.1) is 0 Å². The maximum Gasteiger partial charge on any atom is 0.338 e. The van der Waals surface area contributed by atoms with Crippen LogP contribution in [0.5, 0.6) is 0 Å². The number of benzene rings is 1. The van der Waals surface area contributed by atoms with Crippen molar-refractivity contribution in [1.29, 1.82) is 0 Å². The third-order valence-electron chi connectivity index (χ3n) is 5.81. The number of aryl methyl sites for hydroxylation is 1. The summed E-state index contributed by atoms with van der Waals surface area (Å²) in [5, 5.41) is 0.0428. The van der Waals surface area contributed by atoms with Crippen molar-refractivity contribution >= 4 is 33.4 Å². The minimum absolute atomic E-state index is 0.0294. The second-order valence-corrected chi connectivity index (χ2v) is 10.4. The number of hydrogen-bond acceptors (Lipinski definition) is 5. The predicted octanol–water partition coefficient (Wildman–Crippen LogP) is 3.76. The normalized spacial score (nSPS) is 17.5. The number of hydrogen-bond donors (Lipinski definition) is 0. The highest BCUT2D eigenvalue weighted by Crippen LogP contribution is 2.29. The van der Waals surface area contributed by atoms with Gasteiger partial charge in [0, 0.05) is 37.1 Å². The van der Waals surface area contributed by atoms with Gasteiger partial charge in [0.1, 0.15) is 4.90 Å². The number of carbonyl (C=O) groups excluding carboxylic acids is 2. The molecule has 0 unspecified atom stereocenters. The zero-order valence-electron chi connectivity index (χ0n) is 18.1. The third kappa shape index (κ3) is 4.86. The molecule has 2 heterocycles. The highest BCUT2D eigenvalue weighted by atomic mass is 35.5. The Kier molecular flexibility index (Phi) is 6.93. The van der Waals surface area contributed by atoms with Crippen molar-refractivity contribution in [3.05, 3.63) is 51.8 Å². The summed E-state index contributed by atoms with van der Waals surface area (Å²) in [7, 11) is -1.99. The Bertz CT molecular complexity index is 1120. The minimum atomic E-state index is -3.84. The molecule has 1 aliphatic rings. The zero-order valence-corrected chi connectivity index (χ0v) is 19.7. The number of halogens is 1. The number of esters is 1. The Morgan fingerprint density at radius 1 is 1.23 bits per heavy atom. The van der Waals surface area contributed by atoms with Gasteiger partial charge in [0.25, 0.3) is 0 Å². The van der Waals surface area contributed by atoms with E-state index in [9.17, 15) is 18.0 Å². The van der Waals surface area contributed by atoms with Gasteiger partial charge in [-0.2, -0.15) is 4.31 Å². The largest absolute Gasteiger partial charge is 0.454 e. The smallest absolute Gasteiger partial charge is 0.338 e. The van der Waals surface area contributed by atoms with Gasteiger partial charge in [-0.3, -0.25) is 4.79 Å². The molecule has 0 radical (unpaired) electrons. The van der Waals surface area contributed by atoms with Crippen LogP contribution in [0.2, 0.25) is 5.02 Å². The molecular formula is C22H27ClN2O5S. The molecule has 1 fully saturated rings. The van der Waals surface area contributed by atoms with Crippen LogP contribution < -0.4 is 0 Å². The first kappa shape index (κ1) is 23.5. The number of piperidine rings is 1. The highest BCUT2D eigenvalue weighted by molar-refractivity contribution is 7.89. The molecule has 31 heavy (non-hydrogen) atoms. The van der Waals surface area contributed by atoms with Gasteiger partial charge in [0.05, 0.1) is 10.6 Å². The summed E-state index contributed by atoms with van der Waals surface area (Å²) in [6, 6.07) is 5.73. The lowest BCUT2D eigenvalue weighted by atomic mass is 10.0. The molecule has 0 amide bonds. The second kappa shape index (κ2) is 9.14. The summed E-state index contributed by atoms with van der Waals surface area (Å²) in [5.74, 6) is -0.844. The van der Waals surface area contributed by atoms with E-state index in [1.54, 1.807) is 6.07 Å². The van der Waals surface area contributed by atoms with Gasteiger partial charge in [0.2, 0.25) is 15.8 Å². The van der Waals surface area contributed by atoms with E-state index < -0.39 is 22.6 Å². The molecule has 1 aromatic heterocycles. The van der Waals surface area contributed by atoms with E-state index in [-0.39, 0.29) is 27.2 Å². The predicted molar refractivity (Wildman–Crippen MR) is 118 cm³/mol. The molecule has 168 valence electrons. The average Bonchev–Trinajstić information content (AvgIpc) is 2.99. The van der Waals surface area contributed by atoms with Crippen LogP contribution in [0.1, 0.15) is 51.9 Å². The molecule has 3 rings (SSSR count). The fraction of sp³-hybridized carbons (Fsp3) is 0.455. The number of rotatable bonds is 6. The van der Waals surface area contributed by atoms with E-state index in [0.717, 1.165) is 24.2 Å². The fourth-order valence-corrected chi connectivity index (χ4v) is 5.86. The molecule has 1 aliphatic heterocycles. The van der Waals surface area contributed by atoms with Gasteiger partial charge < -0.3 is 9.30 Å². The molecule has 0 spiro atoms. The van der Waals surface area contributed by atoms with Crippen LogP contribution >= 0.6 is 11.6 Å². The molecule has 0 aliphatic carbocycles. The highest BCUT2D eigenvalue weighted by Gasteiger charge is 2.31. The molecule has 7 nitrogen and oxygen atoms in total. The number of sulfonamides is 1. The monoisotopic (exact) mass is 466 g/mol. The number of carbonyl (C=O) groups is 2. The van der Waals surface area contributed by atoms with Crippen LogP contribution in [0.3, 0.4) is 0 Å². The van der Waals surface area contributed by atoms with E-state index in [1.807, 2.05) is 32.4 Å². The van der Waals surface area contributed by atoms with Crippen molar-refractivity contribution in [3.8, 4) is 0 Å². The summed E-state index contributed by atoms with van der Waals surface area (Å²) in [6.45, 7) is 6.11. The molecule has 0 N–H and O–H groups in total. The van der Waals surface area contributed by atoms with Crippen LogP contribution in [0.4, 0.5) is 0 Å². The molecule has 1 saturated heterocycles. The molecule has 0 bridgehead atoms. The summed E-state index contributed by atoms with van der Waals surface area (Å²) in [6.07, 6.45) is 1.75. The molecule has 1 aromatic carbocycles. The SMILES string of the molecule is Cc1cc(C(=O)COC(=O)c2ccc(Cl)c(S(=O)(=O)N3CCC[C@@H](C)C3)c2)c(C)n1C. The van der Waals surface area contributed by atoms with Crippen LogP contribution in [0, 0.1) is 19.8 Å². The second-order valence-electron chi connectivity index (χ2n) is 8.10. The van der Waals surface area contributed by atoms with Gasteiger partial charge in [-0.1, -0.05) is 18.5 Å². The van der Waals surface area contributed by atoms with Crippen LogP contribution in [0.15, 0.2) is 29.2 Å². The lowest BCUT2D eigenvalue weighted by molar-refractivity contribution is 0.0474. The minimum Gasteiger partial charge on any atom is -0.454 e. The first-order valence-electron chi connectivity index (χ1n) is 10.1. The molecule has 1 atom stereocenters. The number of ether oxygens (including phenoxy) is 1. The molecule has 2 aromatic rings. The molecular weight excluding hydrogens is 440 g/mol. The fourth-order valence-electron chi connectivity index (χ4n) is 3.76. The Balaban J connectivity index is 1.77. The van der Waals surface area contributed by atoms with E-state index in [2.05, 4.69) is 0 Å². The standard InChI is InChI=1S/C22H27ClN2O5S/c1-14-6-5-9-25(12-14)31(28,29)21-11-17(7-8-19(21)23)22(27)30-13-20(26)18-10-15(2)24(4)16(18)3/h7-8,10-11,14H,5-6,9,12-13H2,1-4H3/t14-/m1/s1. The number of nitrogens with zero attached hydrogens (tertiary/aromatic N) is 2. The first-order valence-corrected chi connectivity index (χ1v) is 12.0. The first-order chi connectivity index (χ1) is 14.5. The Hall–Kier alpha value is -2.16. The summed E-state index contributed by atoms with van der Waals surface area (Å²) >= 11 is 6.17. The van der Waals surface area contributed by atoms with Gasteiger partial charge in [0.15, 0.2) is 6.61 Å². The Morgan fingerprint density at radius 3 is 2.55 bits per heavy atom. The van der Waals surface area contributed by atoms with Crippen LogP contribution in [-0.4, -0.2) is 48.7 Å². The van der Waals surface area contributed by atoms with E-state index in [0.29, 0.717) is 18.7 Å². The lowest BCUT2D eigenvalue weighted by Crippen LogP contribution is -2.39. The summed E-state index contributed by atoms with van der Waals surface area (Å²) < 4.78 is 34.6. The summed E-state index contributed by atoms with van der Waals surface area (Å²) in [4.78, 5) is 24.9. The van der Waals surface area contributed by atoms with Crippen molar-refractivity contribution in [1.82, 2.24) is 8.87 Å². The zero-order chi connectivity index (χ0) is 22.9.